The number of ether oxygens (including phenoxy) is 1. The van der Waals surface area contributed by atoms with Gasteiger partial charge >= 0.3 is 6.09 Å². The summed E-state index contributed by atoms with van der Waals surface area (Å²) in [5.74, 6) is 0.289. The molecule has 1 unspecified atom stereocenters. The van der Waals surface area contributed by atoms with E-state index in [0.29, 0.717) is 5.75 Å². The molecule has 1 fully saturated rings. The summed E-state index contributed by atoms with van der Waals surface area (Å²) in [5, 5.41) is 2.42. The smallest absolute Gasteiger partial charge is 0.408 e. The zero-order valence-corrected chi connectivity index (χ0v) is 13.4. The molecule has 0 spiro atoms. The molecule has 0 bridgehead atoms. The Bertz CT molecular complexity index is 404. The molecule has 7 heteroatoms. The first-order valence-electron chi connectivity index (χ1n) is 6.45. The van der Waals surface area contributed by atoms with E-state index in [1.54, 1.807) is 32.5 Å². The monoisotopic (exact) mass is 302 g/mol. The summed E-state index contributed by atoms with van der Waals surface area (Å²) in [5.41, 5.74) is -0.610. The third-order valence-corrected chi connectivity index (χ3v) is 4.14. The number of thioether (sulfide) groups is 1. The zero-order chi connectivity index (χ0) is 15.6. The number of rotatable bonds is 3. The van der Waals surface area contributed by atoms with E-state index in [4.69, 9.17) is 4.74 Å². The molecule has 1 rings (SSSR count). The van der Waals surface area contributed by atoms with Crippen LogP contribution in [0.1, 0.15) is 34.6 Å². The summed E-state index contributed by atoms with van der Waals surface area (Å²) in [6.07, 6.45) is 0.130. The van der Waals surface area contributed by atoms with E-state index in [1.807, 2.05) is 13.8 Å². The second kappa shape index (κ2) is 6.03. The van der Waals surface area contributed by atoms with Crippen molar-refractivity contribution >= 4 is 30.0 Å². The van der Waals surface area contributed by atoms with E-state index in [9.17, 15) is 14.4 Å². The number of aldehydes is 1. The van der Waals surface area contributed by atoms with Gasteiger partial charge in [0.05, 0.1) is 10.9 Å². The lowest BCUT2D eigenvalue weighted by molar-refractivity contribution is -0.137. The number of alkyl carbamates (subject to hydrolysis) is 1. The van der Waals surface area contributed by atoms with Crippen molar-refractivity contribution in [2.24, 2.45) is 0 Å². The fraction of sp³-hybridized carbons (Fsp3) is 0.769. The van der Waals surface area contributed by atoms with Crippen LogP contribution in [0.15, 0.2) is 0 Å². The van der Waals surface area contributed by atoms with E-state index in [1.165, 1.54) is 4.90 Å². The fourth-order valence-electron chi connectivity index (χ4n) is 1.97. The van der Waals surface area contributed by atoms with E-state index in [2.05, 4.69) is 5.32 Å². The van der Waals surface area contributed by atoms with Crippen LogP contribution in [-0.4, -0.2) is 52.0 Å². The lowest BCUT2D eigenvalue weighted by Crippen LogP contribution is -2.51. The lowest BCUT2D eigenvalue weighted by Gasteiger charge is -2.33. The van der Waals surface area contributed by atoms with E-state index in [-0.39, 0.29) is 12.5 Å². The van der Waals surface area contributed by atoms with Crippen molar-refractivity contribution in [1.82, 2.24) is 10.2 Å². The average molecular weight is 302 g/mol. The van der Waals surface area contributed by atoms with Gasteiger partial charge in [-0.3, -0.25) is 4.79 Å². The molecule has 20 heavy (non-hydrogen) atoms. The van der Waals surface area contributed by atoms with E-state index >= 15 is 0 Å². The van der Waals surface area contributed by atoms with Crippen molar-refractivity contribution < 1.29 is 19.1 Å². The van der Waals surface area contributed by atoms with Crippen LogP contribution in [0.25, 0.3) is 0 Å². The Hall–Kier alpha value is -1.24. The standard InChI is InChI=1S/C13H22N2O4S/c1-12(2,3)19-11(18)14-6-10(17)15-9(7-16)8-20-13(15,4)5/h7,9H,6,8H2,1-5H3,(H,14,18). The zero-order valence-electron chi connectivity index (χ0n) is 12.6. The Morgan fingerprint density at radius 1 is 1.45 bits per heavy atom. The van der Waals surface area contributed by atoms with Crippen molar-refractivity contribution in [3.05, 3.63) is 0 Å². The number of carbonyl (C=O) groups is 3. The molecule has 1 atom stereocenters. The van der Waals surface area contributed by atoms with E-state index < -0.39 is 22.6 Å². The number of nitrogens with zero attached hydrogens (tertiary/aromatic N) is 1. The van der Waals surface area contributed by atoms with E-state index in [0.717, 1.165) is 6.29 Å². The Balaban J connectivity index is 2.58. The normalized spacial score (nSPS) is 21.4. The van der Waals surface area contributed by atoms with Crippen LogP contribution in [0.3, 0.4) is 0 Å². The minimum atomic E-state index is -0.641. The van der Waals surface area contributed by atoms with Crippen molar-refractivity contribution in [2.45, 2.75) is 51.1 Å². The predicted molar refractivity (Wildman–Crippen MR) is 77.5 cm³/mol. The van der Waals surface area contributed by atoms with Gasteiger partial charge in [0, 0.05) is 5.75 Å². The first kappa shape index (κ1) is 16.8. The van der Waals surface area contributed by atoms with Crippen molar-refractivity contribution in [1.29, 1.82) is 0 Å². The Morgan fingerprint density at radius 3 is 2.55 bits per heavy atom. The highest BCUT2D eigenvalue weighted by molar-refractivity contribution is 8.00. The first-order chi connectivity index (χ1) is 9.07. The van der Waals surface area contributed by atoms with Crippen LogP contribution in [-0.2, 0) is 14.3 Å². The van der Waals surface area contributed by atoms with Crippen molar-refractivity contribution in [3.63, 3.8) is 0 Å². The summed E-state index contributed by atoms with van der Waals surface area (Å²) in [6, 6.07) is -0.442. The number of carbonyl (C=O) groups excluding carboxylic acids is 3. The highest BCUT2D eigenvalue weighted by Crippen LogP contribution is 2.37. The molecule has 114 valence electrons. The largest absolute Gasteiger partial charge is 0.444 e. The number of nitrogens with one attached hydrogen (secondary N) is 1. The van der Waals surface area contributed by atoms with Crippen LogP contribution >= 0.6 is 11.8 Å². The lowest BCUT2D eigenvalue weighted by atomic mass is 10.2. The molecule has 0 radical (unpaired) electrons. The van der Waals surface area contributed by atoms with Gasteiger partial charge in [0.15, 0.2) is 0 Å². The maximum atomic E-state index is 12.2. The van der Waals surface area contributed by atoms with Gasteiger partial charge in [0.2, 0.25) is 5.91 Å². The van der Waals surface area contributed by atoms with Crippen LogP contribution in [0.4, 0.5) is 4.79 Å². The summed E-state index contributed by atoms with van der Waals surface area (Å²) in [4.78, 5) is 35.8. The van der Waals surface area contributed by atoms with Gasteiger partial charge in [-0.25, -0.2) is 4.79 Å². The summed E-state index contributed by atoms with van der Waals surface area (Å²) >= 11 is 1.54. The van der Waals surface area contributed by atoms with Gasteiger partial charge in [-0.05, 0) is 34.6 Å². The molecular formula is C13H22N2O4S. The molecule has 0 saturated carbocycles. The van der Waals surface area contributed by atoms with Gasteiger partial charge in [0.1, 0.15) is 18.4 Å². The molecule has 0 aliphatic carbocycles. The molecule has 0 aromatic rings. The third kappa shape index (κ3) is 4.40. The molecule has 0 aromatic carbocycles. The summed E-state index contributed by atoms with van der Waals surface area (Å²) in [7, 11) is 0. The second-order valence-electron chi connectivity index (χ2n) is 6.08. The van der Waals surface area contributed by atoms with Gasteiger partial charge in [-0.15, -0.1) is 11.8 Å². The van der Waals surface area contributed by atoms with Gasteiger partial charge < -0.3 is 19.7 Å². The summed E-state index contributed by atoms with van der Waals surface area (Å²) < 4.78 is 5.06. The first-order valence-corrected chi connectivity index (χ1v) is 7.43. The topological polar surface area (TPSA) is 75.7 Å². The van der Waals surface area contributed by atoms with Gasteiger partial charge in [0.25, 0.3) is 0 Å². The quantitative estimate of drug-likeness (QED) is 0.797. The fourth-order valence-corrected chi connectivity index (χ4v) is 3.15. The molecule has 2 amide bonds. The second-order valence-corrected chi connectivity index (χ2v) is 7.70. The minimum absolute atomic E-state index is 0.177. The number of hydrogen-bond acceptors (Lipinski definition) is 5. The Labute approximate surface area is 123 Å². The highest BCUT2D eigenvalue weighted by Gasteiger charge is 2.42. The number of amides is 2. The molecule has 6 nitrogen and oxygen atoms in total. The molecule has 1 aliphatic heterocycles. The molecule has 1 aliphatic rings. The molecule has 0 aromatic heterocycles. The molecule has 1 saturated heterocycles. The van der Waals surface area contributed by atoms with Crippen LogP contribution in [0.2, 0.25) is 0 Å². The molecule has 1 N–H and O–H groups in total. The van der Waals surface area contributed by atoms with Crippen LogP contribution < -0.4 is 5.32 Å². The predicted octanol–water partition coefficient (Wildman–Crippen LogP) is 1.39. The molecule has 1 heterocycles. The Kier molecular flexibility index (Phi) is 5.07. The summed E-state index contributed by atoms with van der Waals surface area (Å²) in [6.45, 7) is 8.83. The SMILES string of the molecule is CC(C)(C)OC(=O)NCC(=O)N1C(C=O)CSC1(C)C. The van der Waals surface area contributed by atoms with Crippen LogP contribution in [0.5, 0.6) is 0 Å². The number of hydrogen-bond donors (Lipinski definition) is 1. The van der Waals surface area contributed by atoms with Crippen LogP contribution in [0, 0.1) is 0 Å². The third-order valence-electron chi connectivity index (χ3n) is 2.73. The highest BCUT2D eigenvalue weighted by atomic mass is 32.2. The van der Waals surface area contributed by atoms with Gasteiger partial charge in [-0.1, -0.05) is 0 Å². The van der Waals surface area contributed by atoms with Crippen molar-refractivity contribution in [3.8, 4) is 0 Å². The van der Waals surface area contributed by atoms with Crippen molar-refractivity contribution in [2.75, 3.05) is 12.3 Å². The maximum absolute atomic E-state index is 12.2. The minimum Gasteiger partial charge on any atom is -0.444 e. The maximum Gasteiger partial charge on any atom is 0.408 e. The van der Waals surface area contributed by atoms with Gasteiger partial charge in [-0.2, -0.15) is 0 Å². The molecular weight excluding hydrogens is 280 g/mol. The Morgan fingerprint density at radius 2 is 2.05 bits per heavy atom. The average Bonchev–Trinajstić information content (AvgIpc) is 2.59.